The second kappa shape index (κ2) is 6.84. The van der Waals surface area contributed by atoms with Gasteiger partial charge in [0, 0.05) is 12.6 Å². The van der Waals surface area contributed by atoms with Crippen LogP contribution in [0, 0.1) is 0 Å². The number of nitrogens with one attached hydrogen (secondary N) is 1. The van der Waals surface area contributed by atoms with E-state index >= 15 is 0 Å². The van der Waals surface area contributed by atoms with Gasteiger partial charge in [-0.3, -0.25) is 0 Å². The highest BCUT2D eigenvalue weighted by Crippen LogP contribution is 2.14. The highest BCUT2D eigenvalue weighted by molar-refractivity contribution is 4.76. The Hall–Kier alpha value is -0.550. The second-order valence-corrected chi connectivity index (χ2v) is 2.97. The third kappa shape index (κ3) is 8.07. The zero-order chi connectivity index (χ0) is 11.0. The summed E-state index contributed by atoms with van der Waals surface area (Å²) < 4.78 is 39.4. The smallest absolute Gasteiger partial charge is 0.372 e. The molecule has 84 valence electrons. The van der Waals surface area contributed by atoms with E-state index in [1.54, 1.807) is 13.1 Å². The Morgan fingerprint density at radius 2 is 2.14 bits per heavy atom. The van der Waals surface area contributed by atoms with Gasteiger partial charge in [-0.15, -0.1) is 6.58 Å². The fourth-order valence-electron chi connectivity index (χ4n) is 0.995. The van der Waals surface area contributed by atoms with Crippen molar-refractivity contribution in [2.24, 2.45) is 0 Å². The molecule has 0 aliphatic carbocycles. The Labute approximate surface area is 82.1 Å². The van der Waals surface area contributed by atoms with Gasteiger partial charge in [0.05, 0.1) is 0 Å². The summed E-state index contributed by atoms with van der Waals surface area (Å²) >= 11 is 0. The minimum absolute atomic E-state index is 0.110. The predicted molar refractivity (Wildman–Crippen MR) is 49.2 cm³/mol. The van der Waals surface area contributed by atoms with E-state index in [0.29, 0.717) is 6.42 Å². The van der Waals surface area contributed by atoms with Crippen molar-refractivity contribution in [3.05, 3.63) is 12.7 Å². The number of hydrogen-bond acceptors (Lipinski definition) is 2. The molecule has 0 radical (unpaired) electrons. The summed E-state index contributed by atoms with van der Waals surface area (Å²) in [6, 6.07) is 0.140. The van der Waals surface area contributed by atoms with Crippen LogP contribution < -0.4 is 5.32 Å². The topological polar surface area (TPSA) is 21.3 Å². The molecule has 1 N–H and O–H groups in total. The van der Waals surface area contributed by atoms with Crippen molar-refractivity contribution in [3.63, 3.8) is 0 Å². The van der Waals surface area contributed by atoms with Gasteiger partial charge in [-0.1, -0.05) is 6.08 Å². The molecule has 0 aromatic heterocycles. The molecule has 0 heterocycles. The molecule has 0 aromatic carbocycles. The standard InChI is InChI=1S/C9H16F3NO/c1-3-4-8(13-2)5-6-14-7-9(10,11)12/h3,8,13H,1,4-7H2,2H3. The minimum Gasteiger partial charge on any atom is -0.372 e. The molecule has 1 atom stereocenters. The van der Waals surface area contributed by atoms with Gasteiger partial charge in [0.15, 0.2) is 0 Å². The van der Waals surface area contributed by atoms with Gasteiger partial charge in [0.2, 0.25) is 0 Å². The number of halogens is 3. The van der Waals surface area contributed by atoms with Crippen LogP contribution in [-0.2, 0) is 4.74 Å². The van der Waals surface area contributed by atoms with Crippen molar-refractivity contribution in [1.82, 2.24) is 5.32 Å². The summed E-state index contributed by atoms with van der Waals surface area (Å²) in [5.41, 5.74) is 0. The molecule has 5 heteroatoms. The molecule has 2 nitrogen and oxygen atoms in total. The molecule has 0 saturated carbocycles. The lowest BCUT2D eigenvalue weighted by Gasteiger charge is -2.14. The first-order chi connectivity index (χ1) is 6.49. The third-order valence-electron chi connectivity index (χ3n) is 1.74. The Morgan fingerprint density at radius 3 is 2.57 bits per heavy atom. The van der Waals surface area contributed by atoms with Crippen LogP contribution in [0.4, 0.5) is 13.2 Å². The maximum absolute atomic E-state index is 11.7. The fourth-order valence-corrected chi connectivity index (χ4v) is 0.995. The van der Waals surface area contributed by atoms with Crippen LogP contribution in [0.15, 0.2) is 12.7 Å². The quantitative estimate of drug-likeness (QED) is 0.514. The van der Waals surface area contributed by atoms with Crippen LogP contribution in [0.2, 0.25) is 0 Å². The Balaban J connectivity index is 3.46. The molecule has 0 aliphatic heterocycles. The molecule has 0 saturated heterocycles. The molecule has 0 fully saturated rings. The summed E-state index contributed by atoms with van der Waals surface area (Å²) in [6.45, 7) is 2.50. The first-order valence-corrected chi connectivity index (χ1v) is 4.42. The van der Waals surface area contributed by atoms with E-state index in [2.05, 4.69) is 16.6 Å². The number of hydrogen-bond donors (Lipinski definition) is 1. The number of rotatable bonds is 7. The third-order valence-corrected chi connectivity index (χ3v) is 1.74. The molecular weight excluding hydrogens is 195 g/mol. The lowest BCUT2D eigenvalue weighted by atomic mass is 10.1. The molecule has 0 spiro atoms. The molecule has 0 aliphatic rings. The average molecular weight is 211 g/mol. The zero-order valence-electron chi connectivity index (χ0n) is 8.23. The van der Waals surface area contributed by atoms with Crippen molar-refractivity contribution in [2.75, 3.05) is 20.3 Å². The average Bonchev–Trinajstić information content (AvgIpc) is 2.08. The predicted octanol–water partition coefficient (Wildman–Crippen LogP) is 2.12. The van der Waals surface area contributed by atoms with Gasteiger partial charge in [0.25, 0.3) is 0 Å². The van der Waals surface area contributed by atoms with Crippen molar-refractivity contribution >= 4 is 0 Å². The van der Waals surface area contributed by atoms with Crippen molar-refractivity contribution in [2.45, 2.75) is 25.1 Å². The van der Waals surface area contributed by atoms with Crippen molar-refractivity contribution < 1.29 is 17.9 Å². The van der Waals surface area contributed by atoms with Gasteiger partial charge < -0.3 is 10.1 Å². The number of alkyl halides is 3. The normalized spacial score (nSPS) is 14.0. The van der Waals surface area contributed by atoms with Crippen molar-refractivity contribution in [3.8, 4) is 0 Å². The van der Waals surface area contributed by atoms with Gasteiger partial charge in [-0.2, -0.15) is 13.2 Å². The highest BCUT2D eigenvalue weighted by atomic mass is 19.4. The van der Waals surface area contributed by atoms with Gasteiger partial charge >= 0.3 is 6.18 Å². The molecule has 0 bridgehead atoms. The fraction of sp³-hybridized carbons (Fsp3) is 0.778. The lowest BCUT2D eigenvalue weighted by molar-refractivity contribution is -0.174. The van der Waals surface area contributed by atoms with Crippen LogP contribution in [0.1, 0.15) is 12.8 Å². The van der Waals surface area contributed by atoms with Crippen LogP contribution in [0.25, 0.3) is 0 Å². The SMILES string of the molecule is C=CCC(CCOCC(F)(F)F)NC. The van der Waals surface area contributed by atoms with Gasteiger partial charge in [-0.05, 0) is 19.9 Å². The Bertz CT molecular complexity index is 159. The summed E-state index contributed by atoms with van der Waals surface area (Å²) in [7, 11) is 1.76. The first-order valence-electron chi connectivity index (χ1n) is 4.42. The summed E-state index contributed by atoms with van der Waals surface area (Å²) in [6.07, 6.45) is -1.22. The largest absolute Gasteiger partial charge is 0.411 e. The Kier molecular flexibility index (Phi) is 6.57. The van der Waals surface area contributed by atoms with Gasteiger partial charge in [0.1, 0.15) is 6.61 Å². The number of ether oxygens (including phenoxy) is 1. The maximum atomic E-state index is 11.7. The zero-order valence-corrected chi connectivity index (χ0v) is 8.23. The van der Waals surface area contributed by atoms with E-state index < -0.39 is 12.8 Å². The van der Waals surface area contributed by atoms with Crippen LogP contribution in [0.5, 0.6) is 0 Å². The van der Waals surface area contributed by atoms with E-state index in [1.165, 1.54) is 0 Å². The molecule has 14 heavy (non-hydrogen) atoms. The first kappa shape index (κ1) is 13.4. The molecule has 0 aromatic rings. The lowest BCUT2D eigenvalue weighted by Crippen LogP contribution is -2.27. The van der Waals surface area contributed by atoms with E-state index in [1.807, 2.05) is 0 Å². The van der Waals surface area contributed by atoms with Gasteiger partial charge in [-0.25, -0.2) is 0 Å². The monoisotopic (exact) mass is 211 g/mol. The molecule has 0 rings (SSSR count). The second-order valence-electron chi connectivity index (χ2n) is 2.97. The van der Waals surface area contributed by atoms with Crippen molar-refractivity contribution in [1.29, 1.82) is 0 Å². The van der Waals surface area contributed by atoms with Crippen LogP contribution >= 0.6 is 0 Å². The summed E-state index contributed by atoms with van der Waals surface area (Å²) in [4.78, 5) is 0. The minimum atomic E-state index is -4.23. The van der Waals surface area contributed by atoms with Crippen LogP contribution in [-0.4, -0.2) is 32.5 Å². The molecule has 1 unspecified atom stereocenters. The van der Waals surface area contributed by atoms with Crippen LogP contribution in [0.3, 0.4) is 0 Å². The molecule has 0 amide bonds. The Morgan fingerprint density at radius 1 is 1.50 bits per heavy atom. The maximum Gasteiger partial charge on any atom is 0.411 e. The van der Waals surface area contributed by atoms with E-state index in [4.69, 9.17) is 0 Å². The highest BCUT2D eigenvalue weighted by Gasteiger charge is 2.27. The summed E-state index contributed by atoms with van der Waals surface area (Å²) in [5.74, 6) is 0. The molecular formula is C9H16F3NO. The van der Waals surface area contributed by atoms with E-state index in [9.17, 15) is 13.2 Å². The summed E-state index contributed by atoms with van der Waals surface area (Å²) in [5, 5.41) is 2.97. The van der Waals surface area contributed by atoms with E-state index in [-0.39, 0.29) is 12.6 Å². The van der Waals surface area contributed by atoms with E-state index in [0.717, 1.165) is 6.42 Å².